The predicted molar refractivity (Wildman–Crippen MR) is 193 cm³/mol. The molecule has 6 rings (SSSR count). The minimum atomic E-state index is -1.42. The second-order valence-electron chi connectivity index (χ2n) is 13.2. The molecule has 2 saturated heterocycles. The van der Waals surface area contributed by atoms with Gasteiger partial charge < -0.3 is 48.1 Å². The lowest BCUT2D eigenvalue weighted by molar-refractivity contribution is -0.323. The number of hydrogen-bond acceptors (Lipinski definition) is 11. The molecular formula is C42H48O11. The number of carbonyl (C=O) groups excluding carboxylic acids is 1. The SMILES string of the molecule is CC(=O)O[C@@H]1C[C@H](OC[C@H]2O[C@H](O)[C@H](OCc3ccccc3)[C@@H](OCc3ccccc3)[C@@H]2O)O[C@H](COCc2ccccc2)[C@H]1OCc1ccccc1. The maximum absolute atomic E-state index is 12.3. The Bertz CT molecular complexity index is 1630. The van der Waals surface area contributed by atoms with Crippen LogP contribution in [0.4, 0.5) is 0 Å². The fraction of sp³-hybridized carbons (Fsp3) is 0.405. The number of ether oxygens (including phenoxy) is 8. The minimum absolute atomic E-state index is 0.128. The summed E-state index contributed by atoms with van der Waals surface area (Å²) in [4.78, 5) is 12.3. The van der Waals surface area contributed by atoms with Crippen molar-refractivity contribution in [1.82, 2.24) is 0 Å². The molecule has 0 radical (unpaired) electrons. The maximum atomic E-state index is 12.3. The number of aliphatic hydroxyl groups is 2. The largest absolute Gasteiger partial charge is 0.459 e. The molecule has 0 saturated carbocycles. The smallest absolute Gasteiger partial charge is 0.302 e. The summed E-state index contributed by atoms with van der Waals surface area (Å²) in [6.07, 6.45) is -8.39. The molecule has 0 amide bonds. The van der Waals surface area contributed by atoms with E-state index in [1.54, 1.807) is 0 Å². The van der Waals surface area contributed by atoms with Crippen molar-refractivity contribution in [3.63, 3.8) is 0 Å². The zero-order valence-electron chi connectivity index (χ0n) is 29.8. The maximum Gasteiger partial charge on any atom is 0.302 e. The summed E-state index contributed by atoms with van der Waals surface area (Å²) in [6, 6.07) is 38.5. The lowest BCUT2D eigenvalue weighted by atomic mass is 9.98. The summed E-state index contributed by atoms with van der Waals surface area (Å²) in [5.41, 5.74) is 3.73. The van der Waals surface area contributed by atoms with Crippen LogP contribution in [0.5, 0.6) is 0 Å². The number of aliphatic hydroxyl groups excluding tert-OH is 2. The van der Waals surface area contributed by atoms with Crippen molar-refractivity contribution in [2.75, 3.05) is 13.2 Å². The minimum Gasteiger partial charge on any atom is -0.459 e. The van der Waals surface area contributed by atoms with Gasteiger partial charge in [-0.2, -0.15) is 0 Å². The first kappa shape index (κ1) is 38.7. The predicted octanol–water partition coefficient (Wildman–Crippen LogP) is 5.10. The Hall–Kier alpha value is -4.01. The van der Waals surface area contributed by atoms with E-state index >= 15 is 0 Å². The van der Waals surface area contributed by atoms with Crippen molar-refractivity contribution in [3.8, 4) is 0 Å². The van der Waals surface area contributed by atoms with Gasteiger partial charge in [0.25, 0.3) is 0 Å². The normalized spacial score (nSPS) is 27.3. The molecule has 2 aliphatic heterocycles. The average Bonchev–Trinajstić information content (AvgIpc) is 3.18. The second-order valence-corrected chi connectivity index (χ2v) is 13.2. The molecule has 282 valence electrons. The Morgan fingerprint density at radius 1 is 0.585 bits per heavy atom. The molecule has 0 unspecified atom stereocenters. The van der Waals surface area contributed by atoms with Crippen LogP contribution in [0.15, 0.2) is 121 Å². The van der Waals surface area contributed by atoms with Gasteiger partial charge in [-0.1, -0.05) is 121 Å². The van der Waals surface area contributed by atoms with Crippen LogP contribution in [0.3, 0.4) is 0 Å². The van der Waals surface area contributed by atoms with Gasteiger partial charge in [-0.15, -0.1) is 0 Å². The molecule has 0 bridgehead atoms. The quantitative estimate of drug-likeness (QED) is 0.141. The van der Waals surface area contributed by atoms with Crippen LogP contribution in [-0.4, -0.2) is 84.7 Å². The van der Waals surface area contributed by atoms with Crippen LogP contribution in [0.1, 0.15) is 35.6 Å². The van der Waals surface area contributed by atoms with E-state index in [0.717, 1.165) is 22.3 Å². The van der Waals surface area contributed by atoms with Gasteiger partial charge in [0.05, 0.1) is 39.6 Å². The standard InChI is InChI=1S/C42H48O11/c1-29(43)51-34-22-37(52-36(27-46-23-30-14-6-2-7-15-30)39(34)48-24-31-16-8-3-9-17-31)47-28-35-38(44)40(49-25-32-18-10-4-11-19-32)41(42(45)53-35)50-26-33-20-12-5-13-21-33/h2-21,34-42,44-45H,22-28H2,1H3/t34-,35-,36-,37-,38-,39+,40+,41-,42+/m1/s1. The third-order valence-electron chi connectivity index (χ3n) is 9.13. The van der Waals surface area contributed by atoms with E-state index < -0.39 is 61.3 Å². The van der Waals surface area contributed by atoms with E-state index in [2.05, 4.69) is 0 Å². The van der Waals surface area contributed by atoms with Gasteiger partial charge in [0.15, 0.2) is 12.6 Å². The van der Waals surface area contributed by atoms with Crippen LogP contribution in [-0.2, 0) is 69.1 Å². The molecule has 0 aliphatic carbocycles. The summed E-state index contributed by atoms with van der Waals surface area (Å²) in [6.45, 7) is 2.28. The lowest BCUT2D eigenvalue weighted by Crippen LogP contribution is -2.61. The molecule has 9 atom stereocenters. The topological polar surface area (TPSA) is 131 Å². The zero-order valence-corrected chi connectivity index (χ0v) is 29.8. The first-order valence-corrected chi connectivity index (χ1v) is 18.0. The van der Waals surface area contributed by atoms with E-state index in [-0.39, 0.29) is 39.5 Å². The van der Waals surface area contributed by atoms with Crippen molar-refractivity contribution in [1.29, 1.82) is 0 Å². The highest BCUT2D eigenvalue weighted by Gasteiger charge is 2.48. The van der Waals surface area contributed by atoms with Crippen LogP contribution in [0, 0.1) is 0 Å². The molecule has 2 aliphatic rings. The first-order valence-electron chi connectivity index (χ1n) is 18.0. The lowest BCUT2D eigenvalue weighted by Gasteiger charge is -2.44. The Morgan fingerprint density at radius 2 is 1.06 bits per heavy atom. The first-order chi connectivity index (χ1) is 25.9. The highest BCUT2D eigenvalue weighted by atomic mass is 16.7. The molecule has 11 heteroatoms. The fourth-order valence-electron chi connectivity index (χ4n) is 6.46. The highest BCUT2D eigenvalue weighted by Crippen LogP contribution is 2.31. The van der Waals surface area contributed by atoms with Gasteiger partial charge in [0.2, 0.25) is 0 Å². The van der Waals surface area contributed by atoms with Crippen molar-refractivity contribution >= 4 is 5.97 Å². The van der Waals surface area contributed by atoms with E-state index in [9.17, 15) is 15.0 Å². The van der Waals surface area contributed by atoms with Gasteiger partial charge >= 0.3 is 5.97 Å². The highest BCUT2D eigenvalue weighted by molar-refractivity contribution is 5.66. The third kappa shape index (κ3) is 11.5. The van der Waals surface area contributed by atoms with Crippen LogP contribution in [0.2, 0.25) is 0 Å². The van der Waals surface area contributed by atoms with E-state index in [1.807, 2.05) is 121 Å². The number of carbonyl (C=O) groups is 1. The summed E-state index contributed by atoms with van der Waals surface area (Å²) in [7, 11) is 0. The monoisotopic (exact) mass is 728 g/mol. The van der Waals surface area contributed by atoms with Gasteiger partial charge in [-0.3, -0.25) is 4.79 Å². The van der Waals surface area contributed by atoms with Crippen molar-refractivity contribution < 1.29 is 52.9 Å². The third-order valence-corrected chi connectivity index (χ3v) is 9.13. The van der Waals surface area contributed by atoms with E-state index in [1.165, 1.54) is 6.92 Å². The number of rotatable bonds is 17. The summed E-state index contributed by atoms with van der Waals surface area (Å²) in [5.74, 6) is -0.470. The Balaban J connectivity index is 1.14. The molecule has 2 heterocycles. The number of benzene rings is 4. The molecule has 11 nitrogen and oxygen atoms in total. The molecule has 0 aromatic heterocycles. The zero-order chi connectivity index (χ0) is 36.8. The van der Waals surface area contributed by atoms with Crippen molar-refractivity contribution in [2.24, 2.45) is 0 Å². The number of hydrogen-bond donors (Lipinski definition) is 2. The van der Waals surface area contributed by atoms with E-state index in [0.29, 0.717) is 6.61 Å². The fourth-order valence-corrected chi connectivity index (χ4v) is 6.46. The Kier molecular flexibility index (Phi) is 14.5. The number of esters is 1. The van der Waals surface area contributed by atoms with Crippen LogP contribution in [0.25, 0.3) is 0 Å². The summed E-state index contributed by atoms with van der Waals surface area (Å²) >= 11 is 0. The summed E-state index contributed by atoms with van der Waals surface area (Å²) < 4.78 is 49.1. The molecule has 4 aromatic carbocycles. The van der Waals surface area contributed by atoms with Gasteiger partial charge in [0, 0.05) is 13.3 Å². The Labute approximate surface area is 310 Å². The molecular weight excluding hydrogens is 680 g/mol. The van der Waals surface area contributed by atoms with Crippen molar-refractivity contribution in [3.05, 3.63) is 144 Å². The molecule has 2 fully saturated rings. The van der Waals surface area contributed by atoms with Gasteiger partial charge in [-0.05, 0) is 22.3 Å². The van der Waals surface area contributed by atoms with Crippen LogP contribution >= 0.6 is 0 Å². The Morgan fingerprint density at radius 3 is 1.57 bits per heavy atom. The van der Waals surface area contributed by atoms with Crippen LogP contribution < -0.4 is 0 Å². The molecule has 53 heavy (non-hydrogen) atoms. The van der Waals surface area contributed by atoms with Gasteiger partial charge in [0.1, 0.15) is 42.7 Å². The van der Waals surface area contributed by atoms with Gasteiger partial charge in [-0.25, -0.2) is 0 Å². The average molecular weight is 729 g/mol. The summed E-state index contributed by atoms with van der Waals surface area (Å²) in [5, 5.41) is 22.8. The second kappa shape index (κ2) is 19.9. The van der Waals surface area contributed by atoms with E-state index in [4.69, 9.17) is 37.9 Å². The van der Waals surface area contributed by atoms with Crippen molar-refractivity contribution in [2.45, 2.75) is 95.1 Å². The molecule has 2 N–H and O–H groups in total. The molecule has 4 aromatic rings. The molecule has 0 spiro atoms.